The van der Waals surface area contributed by atoms with Crippen LogP contribution in [0.4, 0.5) is 13.2 Å². The Hall–Kier alpha value is -2.48. The number of nitrogens with one attached hydrogen (secondary N) is 1. The van der Waals surface area contributed by atoms with Crippen LogP contribution in [0, 0.1) is 13.8 Å². The molecule has 0 unspecified atom stereocenters. The Morgan fingerprint density at radius 2 is 1.89 bits per heavy atom. The van der Waals surface area contributed by atoms with Crippen LogP contribution in [-0.4, -0.2) is 41.4 Å². The number of alkyl halides is 3. The van der Waals surface area contributed by atoms with E-state index in [-0.39, 0.29) is 30.4 Å². The number of amides is 1. The molecule has 0 saturated carbocycles. The largest absolute Gasteiger partial charge is 0.433 e. The first kappa shape index (κ1) is 20.8. The summed E-state index contributed by atoms with van der Waals surface area (Å²) >= 11 is 0. The molecule has 0 aliphatic heterocycles. The number of nitrogens with zero attached hydrogens (tertiary/aromatic N) is 3. The lowest BCUT2D eigenvalue weighted by Gasteiger charge is -2.24. The Labute approximate surface area is 156 Å². The van der Waals surface area contributed by atoms with Crippen LogP contribution in [0.5, 0.6) is 0 Å². The zero-order chi connectivity index (χ0) is 20.2. The predicted octanol–water partition coefficient (Wildman–Crippen LogP) is 3.07. The number of hydrogen-bond donors (Lipinski definition) is 1. The smallest absolute Gasteiger partial charge is 0.354 e. The summed E-state index contributed by atoms with van der Waals surface area (Å²) in [5.74, 6) is -0.172. The molecule has 0 aliphatic carbocycles. The molecule has 27 heavy (non-hydrogen) atoms. The molecule has 1 heterocycles. The lowest BCUT2D eigenvalue weighted by atomic mass is 10.0. The molecule has 0 aliphatic rings. The summed E-state index contributed by atoms with van der Waals surface area (Å²) in [5, 5.41) is 2.77. The van der Waals surface area contributed by atoms with Gasteiger partial charge in [-0.15, -0.1) is 0 Å². The molecule has 0 fully saturated rings. The monoisotopic (exact) mass is 380 g/mol. The van der Waals surface area contributed by atoms with Crippen LogP contribution in [0.2, 0.25) is 0 Å². The second-order valence-electron chi connectivity index (χ2n) is 6.63. The quantitative estimate of drug-likeness (QED) is 0.837. The highest BCUT2D eigenvalue weighted by atomic mass is 19.4. The molecule has 0 radical (unpaired) electrons. The van der Waals surface area contributed by atoms with Gasteiger partial charge in [0.1, 0.15) is 17.6 Å². The molecule has 1 atom stereocenters. The van der Waals surface area contributed by atoms with E-state index < -0.39 is 17.9 Å². The topological polar surface area (TPSA) is 58.1 Å². The summed E-state index contributed by atoms with van der Waals surface area (Å²) in [6.45, 7) is 3.58. The van der Waals surface area contributed by atoms with Gasteiger partial charge < -0.3 is 5.32 Å². The van der Waals surface area contributed by atoms with Gasteiger partial charge in [0.25, 0.3) is 0 Å². The number of rotatable bonds is 6. The first-order valence-corrected chi connectivity index (χ1v) is 8.50. The molecule has 2 aromatic rings. The number of carbonyl (C=O) groups is 1. The van der Waals surface area contributed by atoms with Crippen molar-refractivity contribution in [2.75, 3.05) is 20.6 Å². The van der Waals surface area contributed by atoms with Gasteiger partial charge in [0.05, 0.1) is 0 Å². The van der Waals surface area contributed by atoms with Crippen LogP contribution in [0.25, 0.3) is 0 Å². The first-order chi connectivity index (χ1) is 12.6. The molecule has 0 spiro atoms. The second kappa shape index (κ2) is 8.47. The highest BCUT2D eigenvalue weighted by Gasteiger charge is 2.33. The highest BCUT2D eigenvalue weighted by molar-refractivity contribution is 5.83. The molecule has 8 heteroatoms. The molecular weight excluding hydrogens is 357 g/mol. The van der Waals surface area contributed by atoms with Crippen molar-refractivity contribution in [1.82, 2.24) is 20.2 Å². The number of likely N-dealkylation sites (N-methyl/N-ethyl adjacent to an activating group) is 1. The van der Waals surface area contributed by atoms with E-state index in [0.717, 1.165) is 17.2 Å². The third kappa shape index (κ3) is 5.75. The van der Waals surface area contributed by atoms with Crippen molar-refractivity contribution in [3.8, 4) is 0 Å². The Kier molecular flexibility index (Phi) is 6.54. The standard InChI is InChI=1S/C19H23F3N4O/c1-12-6-5-7-14(10-12)17(26(3)4)18(27)23-9-8-16-24-13(2)11-15(25-16)19(20,21)22/h5-7,10-11,17H,8-9H2,1-4H3,(H,23,27)/t17-/m0/s1. The molecule has 1 aromatic carbocycles. The first-order valence-electron chi connectivity index (χ1n) is 8.50. The summed E-state index contributed by atoms with van der Waals surface area (Å²) < 4.78 is 38.5. The minimum atomic E-state index is -4.52. The SMILES string of the molecule is Cc1cccc([C@@H](C(=O)NCCc2nc(C)cc(C(F)(F)F)n2)N(C)C)c1. The van der Waals surface area contributed by atoms with Crippen LogP contribution in [0.3, 0.4) is 0 Å². The van der Waals surface area contributed by atoms with Gasteiger partial charge in [-0.1, -0.05) is 29.8 Å². The van der Waals surface area contributed by atoms with Crippen molar-refractivity contribution in [3.63, 3.8) is 0 Å². The van der Waals surface area contributed by atoms with E-state index >= 15 is 0 Å². The van der Waals surface area contributed by atoms with Crippen molar-refractivity contribution in [2.45, 2.75) is 32.5 Å². The zero-order valence-corrected chi connectivity index (χ0v) is 15.8. The molecule has 1 N–H and O–H groups in total. The summed E-state index contributed by atoms with van der Waals surface area (Å²) in [6.07, 6.45) is -4.41. The predicted molar refractivity (Wildman–Crippen MR) is 96.1 cm³/mol. The van der Waals surface area contributed by atoms with E-state index in [2.05, 4.69) is 15.3 Å². The summed E-state index contributed by atoms with van der Waals surface area (Å²) in [7, 11) is 3.59. The molecule has 5 nitrogen and oxygen atoms in total. The van der Waals surface area contributed by atoms with Gasteiger partial charge in [-0.3, -0.25) is 9.69 Å². The van der Waals surface area contributed by atoms with Crippen molar-refractivity contribution in [1.29, 1.82) is 0 Å². The Balaban J connectivity index is 2.05. The molecule has 1 amide bonds. The van der Waals surface area contributed by atoms with Crippen molar-refractivity contribution in [3.05, 3.63) is 58.7 Å². The molecular formula is C19H23F3N4O. The van der Waals surface area contributed by atoms with Crippen LogP contribution in [0.15, 0.2) is 30.3 Å². The van der Waals surface area contributed by atoms with Crippen LogP contribution < -0.4 is 5.32 Å². The third-order valence-electron chi connectivity index (χ3n) is 3.96. The highest BCUT2D eigenvalue weighted by Crippen LogP contribution is 2.27. The number of aryl methyl sites for hydroxylation is 2. The fourth-order valence-corrected chi connectivity index (χ4v) is 2.81. The maximum Gasteiger partial charge on any atom is 0.433 e. The van der Waals surface area contributed by atoms with Gasteiger partial charge in [0.2, 0.25) is 5.91 Å². The summed E-state index contributed by atoms with van der Waals surface area (Å²) in [5.41, 5.74) is 1.16. The summed E-state index contributed by atoms with van der Waals surface area (Å²) in [4.78, 5) is 22.0. The van der Waals surface area contributed by atoms with Crippen molar-refractivity contribution < 1.29 is 18.0 Å². The molecule has 0 bridgehead atoms. The number of aromatic nitrogens is 2. The lowest BCUT2D eigenvalue weighted by Crippen LogP contribution is -2.38. The van der Waals surface area contributed by atoms with Crippen LogP contribution in [0.1, 0.15) is 34.4 Å². The lowest BCUT2D eigenvalue weighted by molar-refractivity contribution is -0.141. The van der Waals surface area contributed by atoms with E-state index in [9.17, 15) is 18.0 Å². The van der Waals surface area contributed by atoms with E-state index in [0.29, 0.717) is 0 Å². The number of halogens is 3. The average Bonchev–Trinajstić information content (AvgIpc) is 2.53. The van der Waals surface area contributed by atoms with E-state index in [1.54, 1.807) is 19.0 Å². The van der Waals surface area contributed by atoms with E-state index in [4.69, 9.17) is 0 Å². The van der Waals surface area contributed by atoms with Crippen molar-refractivity contribution in [2.24, 2.45) is 0 Å². The molecule has 1 aromatic heterocycles. The normalized spacial score (nSPS) is 12.9. The Morgan fingerprint density at radius 3 is 2.48 bits per heavy atom. The van der Waals surface area contributed by atoms with Gasteiger partial charge >= 0.3 is 6.18 Å². The minimum Gasteiger partial charge on any atom is -0.354 e. The Morgan fingerprint density at radius 1 is 1.19 bits per heavy atom. The maximum atomic E-state index is 12.8. The van der Waals surface area contributed by atoms with Gasteiger partial charge in [0.15, 0.2) is 0 Å². The summed E-state index contributed by atoms with van der Waals surface area (Å²) in [6, 6.07) is 8.05. The average molecular weight is 380 g/mol. The minimum absolute atomic E-state index is 0.0552. The van der Waals surface area contributed by atoms with Gasteiger partial charge in [-0.25, -0.2) is 9.97 Å². The molecule has 146 valence electrons. The van der Waals surface area contributed by atoms with Gasteiger partial charge in [0, 0.05) is 18.7 Å². The van der Waals surface area contributed by atoms with Crippen LogP contribution >= 0.6 is 0 Å². The fourth-order valence-electron chi connectivity index (χ4n) is 2.81. The zero-order valence-electron chi connectivity index (χ0n) is 15.8. The maximum absolute atomic E-state index is 12.8. The van der Waals surface area contributed by atoms with Crippen LogP contribution in [-0.2, 0) is 17.4 Å². The molecule has 2 rings (SSSR count). The second-order valence-corrected chi connectivity index (χ2v) is 6.63. The van der Waals surface area contributed by atoms with Gasteiger partial charge in [-0.05, 0) is 39.6 Å². The van der Waals surface area contributed by atoms with Gasteiger partial charge in [-0.2, -0.15) is 13.2 Å². The third-order valence-corrected chi connectivity index (χ3v) is 3.96. The van der Waals surface area contributed by atoms with E-state index in [1.165, 1.54) is 6.92 Å². The fraction of sp³-hybridized carbons (Fsp3) is 0.421. The molecule has 0 saturated heterocycles. The van der Waals surface area contributed by atoms with E-state index in [1.807, 2.05) is 31.2 Å². The van der Waals surface area contributed by atoms with Crippen molar-refractivity contribution >= 4 is 5.91 Å². The number of benzene rings is 1. The number of carbonyl (C=O) groups excluding carboxylic acids is 1. The number of hydrogen-bond acceptors (Lipinski definition) is 4. The Bertz CT molecular complexity index is 806.